The van der Waals surface area contributed by atoms with E-state index in [0.29, 0.717) is 6.42 Å². The summed E-state index contributed by atoms with van der Waals surface area (Å²) in [5.41, 5.74) is 2.99. The number of H-pyrrole nitrogens is 1. The van der Waals surface area contributed by atoms with Gasteiger partial charge in [0.1, 0.15) is 6.04 Å². The van der Waals surface area contributed by atoms with E-state index in [1.54, 1.807) is 0 Å². The summed E-state index contributed by atoms with van der Waals surface area (Å²) in [4.78, 5) is 27.7. The van der Waals surface area contributed by atoms with Crippen molar-refractivity contribution in [3.8, 4) is 0 Å². The second kappa shape index (κ2) is 8.39. The third-order valence-corrected chi connectivity index (χ3v) is 5.00. The smallest absolute Gasteiger partial charge is 0.243 e. The Kier molecular flexibility index (Phi) is 5.96. The Labute approximate surface area is 166 Å². The third-order valence-electron chi connectivity index (χ3n) is 4.51. The summed E-state index contributed by atoms with van der Waals surface area (Å²) >= 11 is 3.46. The Balaban J connectivity index is 1.78. The molecule has 2 atom stereocenters. The van der Waals surface area contributed by atoms with Crippen LogP contribution in [0.2, 0.25) is 0 Å². The number of hydrogen-bond donors (Lipinski definition) is 3. The molecule has 0 saturated carbocycles. The van der Waals surface area contributed by atoms with E-state index >= 15 is 0 Å². The van der Waals surface area contributed by atoms with Crippen LogP contribution in [0.5, 0.6) is 0 Å². The van der Waals surface area contributed by atoms with Gasteiger partial charge in [-0.15, -0.1) is 0 Å². The van der Waals surface area contributed by atoms with Crippen molar-refractivity contribution in [1.82, 2.24) is 15.6 Å². The van der Waals surface area contributed by atoms with Crippen molar-refractivity contribution in [2.75, 3.05) is 0 Å². The van der Waals surface area contributed by atoms with Crippen LogP contribution in [-0.2, 0) is 16.0 Å². The molecule has 0 aliphatic rings. The Bertz CT molecular complexity index is 952. The van der Waals surface area contributed by atoms with Gasteiger partial charge in [-0.05, 0) is 30.2 Å². The van der Waals surface area contributed by atoms with E-state index in [4.69, 9.17) is 0 Å². The number of amides is 2. The van der Waals surface area contributed by atoms with Crippen LogP contribution in [0.3, 0.4) is 0 Å². The van der Waals surface area contributed by atoms with Crippen molar-refractivity contribution in [2.24, 2.45) is 0 Å². The number of halogens is 1. The molecule has 3 N–H and O–H groups in total. The van der Waals surface area contributed by atoms with Crippen LogP contribution in [-0.4, -0.2) is 22.8 Å². The van der Waals surface area contributed by atoms with E-state index < -0.39 is 6.04 Å². The third kappa shape index (κ3) is 4.77. The first-order chi connectivity index (χ1) is 12.9. The predicted octanol–water partition coefficient (Wildman–Crippen LogP) is 3.86. The molecule has 3 aromatic rings. The lowest BCUT2D eigenvalue weighted by atomic mass is 10.0. The molecule has 1 heterocycles. The van der Waals surface area contributed by atoms with E-state index in [1.165, 1.54) is 6.92 Å². The minimum absolute atomic E-state index is 0.145. The van der Waals surface area contributed by atoms with Gasteiger partial charge in [-0.1, -0.05) is 52.3 Å². The molecule has 3 rings (SSSR count). The molecule has 27 heavy (non-hydrogen) atoms. The Hall–Kier alpha value is -2.60. The van der Waals surface area contributed by atoms with Crippen LogP contribution in [0.1, 0.15) is 31.0 Å². The van der Waals surface area contributed by atoms with E-state index in [-0.39, 0.29) is 17.9 Å². The summed E-state index contributed by atoms with van der Waals surface area (Å²) in [6.45, 7) is 3.36. The van der Waals surface area contributed by atoms with Gasteiger partial charge in [0, 0.05) is 34.9 Å². The second-order valence-corrected chi connectivity index (χ2v) is 7.52. The zero-order valence-corrected chi connectivity index (χ0v) is 16.8. The van der Waals surface area contributed by atoms with Crippen LogP contribution >= 0.6 is 15.9 Å². The fourth-order valence-corrected chi connectivity index (χ4v) is 3.50. The van der Waals surface area contributed by atoms with Gasteiger partial charge in [-0.3, -0.25) is 9.59 Å². The highest BCUT2D eigenvalue weighted by Crippen LogP contribution is 2.23. The Morgan fingerprint density at radius 1 is 1.11 bits per heavy atom. The topological polar surface area (TPSA) is 74.0 Å². The fourth-order valence-electron chi connectivity index (χ4n) is 3.14. The van der Waals surface area contributed by atoms with Gasteiger partial charge in [0.2, 0.25) is 11.8 Å². The lowest BCUT2D eigenvalue weighted by molar-refractivity contribution is -0.128. The molecule has 2 amide bonds. The molecule has 0 saturated heterocycles. The summed E-state index contributed by atoms with van der Waals surface area (Å²) in [6, 6.07) is 14.9. The van der Waals surface area contributed by atoms with Crippen molar-refractivity contribution in [1.29, 1.82) is 0 Å². The summed E-state index contributed by atoms with van der Waals surface area (Å²) in [7, 11) is 0. The summed E-state index contributed by atoms with van der Waals surface area (Å²) in [5.74, 6) is -0.432. The maximum Gasteiger partial charge on any atom is 0.243 e. The summed E-state index contributed by atoms with van der Waals surface area (Å²) in [5, 5.41) is 6.82. The van der Waals surface area contributed by atoms with Gasteiger partial charge >= 0.3 is 0 Å². The molecule has 140 valence electrons. The molecule has 0 bridgehead atoms. The number of carbonyl (C=O) groups excluding carboxylic acids is 2. The van der Waals surface area contributed by atoms with Crippen molar-refractivity contribution >= 4 is 38.6 Å². The van der Waals surface area contributed by atoms with Crippen molar-refractivity contribution in [2.45, 2.75) is 32.4 Å². The molecule has 0 aliphatic heterocycles. The maximum absolute atomic E-state index is 12.8. The van der Waals surface area contributed by atoms with Crippen LogP contribution in [0.25, 0.3) is 10.9 Å². The molecule has 0 unspecified atom stereocenters. The Morgan fingerprint density at radius 3 is 2.56 bits per heavy atom. The lowest BCUT2D eigenvalue weighted by Gasteiger charge is -2.21. The molecule has 0 aliphatic carbocycles. The lowest BCUT2D eigenvalue weighted by Crippen LogP contribution is -2.47. The first-order valence-electron chi connectivity index (χ1n) is 8.82. The van der Waals surface area contributed by atoms with E-state index in [9.17, 15) is 9.59 Å². The maximum atomic E-state index is 12.8. The standard InChI is InChI=1S/C21H22BrN3O2/c1-13(15-6-4-3-5-7-15)24-21(27)20(25-14(2)26)10-16-12-23-19-11-17(22)8-9-18(16)19/h3-9,11-13,20,23H,10H2,1-2H3,(H,24,27)(H,25,26)/t13-,20+/m1/s1. The normalized spacial score (nSPS) is 13.1. The molecule has 2 aromatic carbocycles. The fraction of sp³-hybridized carbons (Fsp3) is 0.238. The van der Waals surface area contributed by atoms with Crippen LogP contribution in [0.15, 0.2) is 59.2 Å². The van der Waals surface area contributed by atoms with E-state index in [0.717, 1.165) is 26.5 Å². The number of aromatic amines is 1. The molecule has 0 spiro atoms. The highest BCUT2D eigenvalue weighted by atomic mass is 79.9. The number of hydrogen-bond acceptors (Lipinski definition) is 2. The van der Waals surface area contributed by atoms with Crippen LogP contribution in [0, 0.1) is 0 Å². The van der Waals surface area contributed by atoms with E-state index in [2.05, 4.69) is 31.5 Å². The van der Waals surface area contributed by atoms with Crippen molar-refractivity contribution < 1.29 is 9.59 Å². The average molecular weight is 428 g/mol. The summed E-state index contributed by atoms with van der Waals surface area (Å²) < 4.78 is 0.983. The number of aromatic nitrogens is 1. The molecule has 6 heteroatoms. The van der Waals surface area contributed by atoms with Gasteiger partial charge < -0.3 is 15.6 Å². The van der Waals surface area contributed by atoms with Gasteiger partial charge in [-0.2, -0.15) is 0 Å². The van der Waals surface area contributed by atoms with Crippen LogP contribution in [0.4, 0.5) is 0 Å². The summed E-state index contributed by atoms with van der Waals surface area (Å²) in [6.07, 6.45) is 2.30. The van der Waals surface area contributed by atoms with Crippen LogP contribution < -0.4 is 10.6 Å². The zero-order chi connectivity index (χ0) is 19.4. The average Bonchev–Trinajstić information content (AvgIpc) is 3.03. The number of carbonyl (C=O) groups is 2. The van der Waals surface area contributed by atoms with Gasteiger partial charge in [0.25, 0.3) is 0 Å². The molecule has 0 fully saturated rings. The molecule has 0 radical (unpaired) electrons. The van der Waals surface area contributed by atoms with Gasteiger partial charge in [-0.25, -0.2) is 0 Å². The number of nitrogens with one attached hydrogen (secondary N) is 3. The van der Waals surface area contributed by atoms with Crippen molar-refractivity contribution in [3.05, 3.63) is 70.3 Å². The van der Waals surface area contributed by atoms with Gasteiger partial charge in [0.05, 0.1) is 6.04 Å². The van der Waals surface area contributed by atoms with Crippen molar-refractivity contribution in [3.63, 3.8) is 0 Å². The highest BCUT2D eigenvalue weighted by Gasteiger charge is 2.23. The molecular weight excluding hydrogens is 406 g/mol. The Morgan fingerprint density at radius 2 is 1.85 bits per heavy atom. The number of fused-ring (bicyclic) bond motifs is 1. The monoisotopic (exact) mass is 427 g/mol. The highest BCUT2D eigenvalue weighted by molar-refractivity contribution is 9.10. The first-order valence-corrected chi connectivity index (χ1v) is 9.61. The van der Waals surface area contributed by atoms with Gasteiger partial charge in [0.15, 0.2) is 0 Å². The number of benzene rings is 2. The molecular formula is C21H22BrN3O2. The second-order valence-electron chi connectivity index (χ2n) is 6.60. The quantitative estimate of drug-likeness (QED) is 0.558. The first kappa shape index (κ1) is 19.2. The largest absolute Gasteiger partial charge is 0.361 e. The molecule has 5 nitrogen and oxygen atoms in total. The molecule has 1 aromatic heterocycles. The van der Waals surface area contributed by atoms with E-state index in [1.807, 2.05) is 61.7 Å². The minimum atomic E-state index is -0.642. The number of rotatable bonds is 6. The predicted molar refractivity (Wildman–Crippen MR) is 110 cm³/mol. The SMILES string of the molecule is CC(=O)N[C@@H](Cc1c[nH]c2cc(Br)ccc12)C(=O)N[C@H](C)c1ccccc1. The minimum Gasteiger partial charge on any atom is -0.361 e. The zero-order valence-electron chi connectivity index (χ0n) is 15.3.